The Bertz CT molecular complexity index is 352. The summed E-state index contributed by atoms with van der Waals surface area (Å²) < 4.78 is 13.3. The summed E-state index contributed by atoms with van der Waals surface area (Å²) in [6, 6.07) is 4.32. The van der Waals surface area contributed by atoms with Crippen LogP contribution in [0.1, 0.15) is 24.2 Å². The second-order valence-corrected chi connectivity index (χ2v) is 3.64. The maximum Gasteiger partial charge on any atom is 0.254 e. The van der Waals surface area contributed by atoms with Crippen LogP contribution < -0.4 is 5.32 Å². The van der Waals surface area contributed by atoms with Gasteiger partial charge in [-0.2, -0.15) is 0 Å². The number of halogens is 2. The van der Waals surface area contributed by atoms with E-state index in [1.165, 1.54) is 12.1 Å². The number of rotatable bonds is 2. The van der Waals surface area contributed by atoms with Gasteiger partial charge in [-0.05, 0) is 26.0 Å². The standard InChI is InChI=1S/C10H11ClFNO/c1-6(2)13-10(14)7-4-3-5-8(11)9(7)12/h3-6H,1-2H3,(H,13,14). The minimum absolute atomic E-state index is 0.0220. The molecular formula is C10H11ClFNO. The number of hydrogen-bond donors (Lipinski definition) is 1. The van der Waals surface area contributed by atoms with Crippen molar-refractivity contribution < 1.29 is 9.18 Å². The minimum Gasteiger partial charge on any atom is -0.350 e. The maximum atomic E-state index is 13.3. The summed E-state index contributed by atoms with van der Waals surface area (Å²) in [7, 11) is 0. The number of hydrogen-bond acceptors (Lipinski definition) is 1. The molecule has 0 aliphatic rings. The molecule has 1 aromatic carbocycles. The Kier molecular flexibility index (Phi) is 3.47. The van der Waals surface area contributed by atoms with Crippen molar-refractivity contribution in [1.82, 2.24) is 5.32 Å². The highest BCUT2D eigenvalue weighted by Crippen LogP contribution is 2.17. The van der Waals surface area contributed by atoms with Gasteiger partial charge < -0.3 is 5.32 Å². The van der Waals surface area contributed by atoms with Crippen LogP contribution >= 0.6 is 11.6 Å². The highest BCUT2D eigenvalue weighted by atomic mass is 35.5. The van der Waals surface area contributed by atoms with Crippen molar-refractivity contribution in [2.75, 3.05) is 0 Å². The predicted molar refractivity (Wildman–Crippen MR) is 54.0 cm³/mol. The smallest absolute Gasteiger partial charge is 0.254 e. The van der Waals surface area contributed by atoms with E-state index in [1.807, 2.05) is 0 Å². The van der Waals surface area contributed by atoms with Crippen LogP contribution in [0, 0.1) is 5.82 Å². The second kappa shape index (κ2) is 4.42. The number of nitrogens with one attached hydrogen (secondary N) is 1. The third-order valence-corrected chi connectivity index (χ3v) is 1.91. The molecular weight excluding hydrogens is 205 g/mol. The number of amides is 1. The van der Waals surface area contributed by atoms with E-state index in [9.17, 15) is 9.18 Å². The van der Waals surface area contributed by atoms with E-state index in [0.717, 1.165) is 0 Å². The van der Waals surface area contributed by atoms with Crippen molar-refractivity contribution in [2.45, 2.75) is 19.9 Å². The Morgan fingerprint density at radius 1 is 1.50 bits per heavy atom. The molecule has 0 atom stereocenters. The zero-order valence-electron chi connectivity index (χ0n) is 7.97. The third kappa shape index (κ3) is 2.45. The number of carbonyl (C=O) groups excluding carboxylic acids is 1. The molecule has 0 aromatic heterocycles. The van der Waals surface area contributed by atoms with E-state index >= 15 is 0 Å². The topological polar surface area (TPSA) is 29.1 Å². The molecule has 2 nitrogen and oxygen atoms in total. The summed E-state index contributed by atoms with van der Waals surface area (Å²) in [6.45, 7) is 3.61. The van der Waals surface area contributed by atoms with Crippen LogP contribution in [0.2, 0.25) is 5.02 Å². The number of benzene rings is 1. The molecule has 0 aliphatic heterocycles. The van der Waals surface area contributed by atoms with E-state index in [0.29, 0.717) is 0 Å². The molecule has 0 radical (unpaired) electrons. The molecule has 1 aromatic rings. The molecule has 0 unspecified atom stereocenters. The largest absolute Gasteiger partial charge is 0.350 e. The molecule has 0 fully saturated rings. The summed E-state index contributed by atoms with van der Waals surface area (Å²) in [6.07, 6.45) is 0. The lowest BCUT2D eigenvalue weighted by Crippen LogP contribution is -2.30. The van der Waals surface area contributed by atoms with Crippen molar-refractivity contribution in [1.29, 1.82) is 0 Å². The molecule has 0 saturated carbocycles. The van der Waals surface area contributed by atoms with Gasteiger partial charge in [0.15, 0.2) is 5.82 Å². The first-order chi connectivity index (χ1) is 6.52. The fourth-order valence-electron chi connectivity index (χ4n) is 1.02. The zero-order chi connectivity index (χ0) is 10.7. The fraction of sp³-hybridized carbons (Fsp3) is 0.300. The first-order valence-corrected chi connectivity index (χ1v) is 4.65. The van der Waals surface area contributed by atoms with Crippen LogP contribution in [0.15, 0.2) is 18.2 Å². The lowest BCUT2D eigenvalue weighted by Gasteiger charge is -2.09. The molecule has 1 rings (SSSR count). The van der Waals surface area contributed by atoms with Crippen LogP contribution in [-0.2, 0) is 0 Å². The monoisotopic (exact) mass is 215 g/mol. The zero-order valence-corrected chi connectivity index (χ0v) is 8.73. The van der Waals surface area contributed by atoms with Gasteiger partial charge >= 0.3 is 0 Å². The molecule has 0 bridgehead atoms. The van der Waals surface area contributed by atoms with Crippen molar-refractivity contribution in [2.24, 2.45) is 0 Å². The van der Waals surface area contributed by atoms with Crippen LogP contribution in [0.4, 0.5) is 4.39 Å². The van der Waals surface area contributed by atoms with E-state index in [4.69, 9.17) is 11.6 Å². The van der Waals surface area contributed by atoms with Crippen molar-refractivity contribution in [3.63, 3.8) is 0 Å². The van der Waals surface area contributed by atoms with Gasteiger partial charge in [0.05, 0.1) is 10.6 Å². The lowest BCUT2D eigenvalue weighted by molar-refractivity contribution is 0.0939. The minimum atomic E-state index is -0.674. The van der Waals surface area contributed by atoms with Gasteiger partial charge in [0, 0.05) is 6.04 Å². The van der Waals surface area contributed by atoms with Crippen molar-refractivity contribution >= 4 is 17.5 Å². The molecule has 76 valence electrons. The van der Waals surface area contributed by atoms with Gasteiger partial charge in [0.1, 0.15) is 0 Å². The van der Waals surface area contributed by atoms with E-state index in [1.54, 1.807) is 19.9 Å². The van der Waals surface area contributed by atoms with E-state index in [-0.39, 0.29) is 16.6 Å². The summed E-state index contributed by atoms with van der Waals surface area (Å²) in [5.74, 6) is -1.12. The molecule has 14 heavy (non-hydrogen) atoms. The summed E-state index contributed by atoms with van der Waals surface area (Å²) in [5, 5.41) is 2.55. The molecule has 4 heteroatoms. The van der Waals surface area contributed by atoms with Gasteiger partial charge in [0.2, 0.25) is 0 Å². The van der Waals surface area contributed by atoms with Crippen molar-refractivity contribution in [3.8, 4) is 0 Å². The average Bonchev–Trinajstić information content (AvgIpc) is 2.08. The Morgan fingerprint density at radius 3 is 2.71 bits per heavy atom. The van der Waals surface area contributed by atoms with Crippen LogP contribution in [-0.4, -0.2) is 11.9 Å². The SMILES string of the molecule is CC(C)NC(=O)c1cccc(Cl)c1F. The van der Waals surface area contributed by atoms with Crippen LogP contribution in [0.25, 0.3) is 0 Å². The Labute approximate surface area is 87.1 Å². The quantitative estimate of drug-likeness (QED) is 0.808. The normalized spacial score (nSPS) is 10.4. The average molecular weight is 216 g/mol. The van der Waals surface area contributed by atoms with Crippen LogP contribution in [0.3, 0.4) is 0 Å². The second-order valence-electron chi connectivity index (χ2n) is 3.23. The fourth-order valence-corrected chi connectivity index (χ4v) is 1.19. The Hall–Kier alpha value is -1.09. The highest BCUT2D eigenvalue weighted by Gasteiger charge is 2.14. The molecule has 0 saturated heterocycles. The van der Waals surface area contributed by atoms with Gasteiger partial charge in [-0.1, -0.05) is 17.7 Å². The number of carbonyl (C=O) groups is 1. The summed E-state index contributed by atoms with van der Waals surface area (Å²) >= 11 is 5.54. The first-order valence-electron chi connectivity index (χ1n) is 4.27. The van der Waals surface area contributed by atoms with Crippen LogP contribution in [0.5, 0.6) is 0 Å². The summed E-state index contributed by atoms with van der Waals surface area (Å²) in [5.41, 5.74) is -0.0220. The Morgan fingerprint density at radius 2 is 2.14 bits per heavy atom. The predicted octanol–water partition coefficient (Wildman–Crippen LogP) is 2.62. The molecule has 1 N–H and O–H groups in total. The molecule has 0 heterocycles. The van der Waals surface area contributed by atoms with Gasteiger partial charge in [0.25, 0.3) is 5.91 Å². The Balaban J connectivity index is 2.96. The maximum absolute atomic E-state index is 13.3. The third-order valence-electron chi connectivity index (χ3n) is 1.62. The van der Waals surface area contributed by atoms with E-state index < -0.39 is 11.7 Å². The molecule has 1 amide bonds. The van der Waals surface area contributed by atoms with Gasteiger partial charge in [-0.3, -0.25) is 4.79 Å². The first kappa shape index (κ1) is 11.0. The molecule has 0 spiro atoms. The van der Waals surface area contributed by atoms with Gasteiger partial charge in [-0.25, -0.2) is 4.39 Å². The summed E-state index contributed by atoms with van der Waals surface area (Å²) in [4.78, 5) is 11.4. The molecule has 0 aliphatic carbocycles. The van der Waals surface area contributed by atoms with Crippen molar-refractivity contribution in [3.05, 3.63) is 34.6 Å². The van der Waals surface area contributed by atoms with E-state index in [2.05, 4.69) is 5.32 Å². The lowest BCUT2D eigenvalue weighted by atomic mass is 10.2. The highest BCUT2D eigenvalue weighted by molar-refractivity contribution is 6.31. The van der Waals surface area contributed by atoms with Gasteiger partial charge in [-0.15, -0.1) is 0 Å².